The molecule has 0 amide bonds. The van der Waals surface area contributed by atoms with Gasteiger partial charge in [0.15, 0.2) is 0 Å². The molecule has 0 spiro atoms. The van der Waals surface area contributed by atoms with Crippen LogP contribution in [0.4, 0.5) is 0 Å². The third kappa shape index (κ3) is 3.15. The van der Waals surface area contributed by atoms with Crippen molar-refractivity contribution in [2.24, 2.45) is 17.8 Å². The number of hydrogen-bond donors (Lipinski definition) is 0. The summed E-state index contributed by atoms with van der Waals surface area (Å²) < 4.78 is 0. The topological polar surface area (TPSA) is 34.1 Å². The zero-order chi connectivity index (χ0) is 11.4. The smallest absolute Gasteiger partial charge is 0.138 e. The molecule has 0 aromatic heterocycles. The van der Waals surface area contributed by atoms with Crippen molar-refractivity contribution >= 4 is 11.6 Å². The van der Waals surface area contributed by atoms with E-state index >= 15 is 0 Å². The van der Waals surface area contributed by atoms with Crippen molar-refractivity contribution in [2.45, 2.75) is 52.9 Å². The van der Waals surface area contributed by atoms with Crippen molar-refractivity contribution in [1.29, 1.82) is 0 Å². The Morgan fingerprint density at radius 2 is 1.80 bits per heavy atom. The molecule has 1 saturated carbocycles. The van der Waals surface area contributed by atoms with Gasteiger partial charge in [0.05, 0.1) is 0 Å². The molecule has 0 N–H and O–H groups in total. The van der Waals surface area contributed by atoms with Gasteiger partial charge in [-0.2, -0.15) is 0 Å². The number of Topliss-reactive ketones (excluding diaryl/α,β-unsaturated/α-hetero) is 2. The second-order valence-electron chi connectivity index (χ2n) is 4.94. The Morgan fingerprint density at radius 3 is 2.33 bits per heavy atom. The van der Waals surface area contributed by atoms with Crippen LogP contribution >= 0.6 is 0 Å². The summed E-state index contributed by atoms with van der Waals surface area (Å²) in [7, 11) is 0. The van der Waals surface area contributed by atoms with E-state index in [2.05, 4.69) is 0 Å². The van der Waals surface area contributed by atoms with E-state index in [-0.39, 0.29) is 17.8 Å². The van der Waals surface area contributed by atoms with Gasteiger partial charge in [0.2, 0.25) is 0 Å². The Labute approximate surface area is 92.4 Å². The molecule has 1 aliphatic carbocycles. The predicted molar refractivity (Wildman–Crippen MR) is 60.6 cm³/mol. The summed E-state index contributed by atoms with van der Waals surface area (Å²) in [6, 6.07) is 0. The van der Waals surface area contributed by atoms with Crippen LogP contribution in [-0.4, -0.2) is 11.6 Å². The van der Waals surface area contributed by atoms with Gasteiger partial charge < -0.3 is 0 Å². The molecule has 1 rings (SSSR count). The Morgan fingerprint density at radius 1 is 1.20 bits per heavy atom. The maximum atomic E-state index is 11.8. The quantitative estimate of drug-likeness (QED) is 0.714. The number of hydrogen-bond acceptors (Lipinski definition) is 2. The molecule has 15 heavy (non-hydrogen) atoms. The third-order valence-electron chi connectivity index (χ3n) is 3.45. The van der Waals surface area contributed by atoms with Crippen LogP contribution in [0.2, 0.25) is 0 Å². The zero-order valence-corrected chi connectivity index (χ0v) is 10.1. The van der Waals surface area contributed by atoms with E-state index in [0.717, 1.165) is 25.7 Å². The lowest BCUT2D eigenvalue weighted by molar-refractivity contribution is -0.129. The Balaban J connectivity index is 2.56. The molecule has 2 nitrogen and oxygen atoms in total. The molecule has 0 aromatic carbocycles. The summed E-state index contributed by atoms with van der Waals surface area (Å²) in [6.07, 6.45) is 4.45. The van der Waals surface area contributed by atoms with Crippen molar-refractivity contribution in [1.82, 2.24) is 0 Å². The van der Waals surface area contributed by atoms with E-state index in [1.807, 2.05) is 20.8 Å². The van der Waals surface area contributed by atoms with E-state index in [1.54, 1.807) is 0 Å². The largest absolute Gasteiger partial charge is 0.299 e. The molecule has 0 aromatic rings. The third-order valence-corrected chi connectivity index (χ3v) is 3.45. The first-order chi connectivity index (χ1) is 7.06. The minimum absolute atomic E-state index is 0.116. The van der Waals surface area contributed by atoms with Gasteiger partial charge in [-0.1, -0.05) is 27.2 Å². The van der Waals surface area contributed by atoms with Crippen LogP contribution in [0.3, 0.4) is 0 Å². The lowest BCUT2D eigenvalue weighted by Gasteiger charge is -2.28. The van der Waals surface area contributed by atoms with Gasteiger partial charge in [0, 0.05) is 24.2 Å². The fourth-order valence-corrected chi connectivity index (χ4v) is 2.50. The van der Waals surface area contributed by atoms with Crippen LogP contribution < -0.4 is 0 Å². The molecule has 0 heterocycles. The van der Waals surface area contributed by atoms with Gasteiger partial charge in [-0.3, -0.25) is 9.59 Å². The monoisotopic (exact) mass is 210 g/mol. The van der Waals surface area contributed by atoms with Gasteiger partial charge in [0.1, 0.15) is 11.6 Å². The van der Waals surface area contributed by atoms with E-state index in [9.17, 15) is 9.59 Å². The molecule has 0 bridgehead atoms. The van der Waals surface area contributed by atoms with Crippen LogP contribution in [0, 0.1) is 17.8 Å². The molecule has 0 unspecified atom stereocenters. The summed E-state index contributed by atoms with van der Waals surface area (Å²) >= 11 is 0. The molecule has 0 aliphatic heterocycles. The highest BCUT2D eigenvalue weighted by atomic mass is 16.1. The number of rotatable bonds is 4. The van der Waals surface area contributed by atoms with E-state index < -0.39 is 0 Å². The summed E-state index contributed by atoms with van der Waals surface area (Å²) in [4.78, 5) is 23.4. The molecule has 0 saturated heterocycles. The second kappa shape index (κ2) is 5.43. The molecule has 86 valence electrons. The second-order valence-corrected chi connectivity index (χ2v) is 4.94. The normalized spacial score (nSPS) is 26.7. The molecule has 1 fully saturated rings. The SMILES string of the molecule is CCC(=O)[C@@H]1CCC[C@@H](C(=O)C(C)C)C1. The first-order valence-electron chi connectivity index (χ1n) is 6.12. The first-order valence-corrected chi connectivity index (χ1v) is 6.12. The van der Waals surface area contributed by atoms with Crippen molar-refractivity contribution in [3.8, 4) is 0 Å². The van der Waals surface area contributed by atoms with Crippen molar-refractivity contribution in [2.75, 3.05) is 0 Å². The highest BCUT2D eigenvalue weighted by molar-refractivity contribution is 5.85. The van der Waals surface area contributed by atoms with Gasteiger partial charge >= 0.3 is 0 Å². The number of carbonyl (C=O) groups excluding carboxylic acids is 2. The summed E-state index contributed by atoms with van der Waals surface area (Å²) in [5.41, 5.74) is 0. The maximum absolute atomic E-state index is 11.8. The number of carbonyl (C=O) groups is 2. The van der Waals surface area contributed by atoms with Crippen LogP contribution in [0.15, 0.2) is 0 Å². The van der Waals surface area contributed by atoms with E-state index in [4.69, 9.17) is 0 Å². The van der Waals surface area contributed by atoms with Crippen LogP contribution in [0.25, 0.3) is 0 Å². The Hall–Kier alpha value is -0.660. The molecule has 0 radical (unpaired) electrons. The minimum Gasteiger partial charge on any atom is -0.299 e. The highest BCUT2D eigenvalue weighted by Crippen LogP contribution is 2.32. The lowest BCUT2D eigenvalue weighted by Crippen LogP contribution is -2.29. The van der Waals surface area contributed by atoms with E-state index in [0.29, 0.717) is 18.0 Å². The zero-order valence-electron chi connectivity index (χ0n) is 10.1. The van der Waals surface area contributed by atoms with Gasteiger partial charge in [-0.05, 0) is 19.3 Å². The van der Waals surface area contributed by atoms with Crippen LogP contribution in [-0.2, 0) is 9.59 Å². The molecule has 1 aliphatic rings. The van der Waals surface area contributed by atoms with Gasteiger partial charge in [-0.15, -0.1) is 0 Å². The maximum Gasteiger partial charge on any atom is 0.138 e. The average molecular weight is 210 g/mol. The first kappa shape index (κ1) is 12.4. The summed E-state index contributed by atoms with van der Waals surface area (Å²) in [6.45, 7) is 5.82. The molecule has 2 heteroatoms. The molecular formula is C13H22O2. The average Bonchev–Trinajstić information content (AvgIpc) is 2.27. The summed E-state index contributed by atoms with van der Waals surface area (Å²) in [5, 5.41) is 0. The van der Waals surface area contributed by atoms with Crippen molar-refractivity contribution in [3.63, 3.8) is 0 Å². The standard InChI is InChI=1S/C13H22O2/c1-4-12(14)10-6-5-7-11(8-10)13(15)9(2)3/h9-11H,4-8H2,1-3H3/t10-,11-/m1/s1. The molecule has 2 atom stereocenters. The fourth-order valence-electron chi connectivity index (χ4n) is 2.50. The highest BCUT2D eigenvalue weighted by Gasteiger charge is 2.30. The summed E-state index contributed by atoms with van der Waals surface area (Å²) in [5.74, 6) is 1.13. The lowest BCUT2D eigenvalue weighted by atomic mass is 9.75. The predicted octanol–water partition coefficient (Wildman–Crippen LogP) is 3.00. The van der Waals surface area contributed by atoms with E-state index in [1.165, 1.54) is 0 Å². The van der Waals surface area contributed by atoms with Crippen molar-refractivity contribution < 1.29 is 9.59 Å². The number of ketones is 2. The Kier molecular flexibility index (Phi) is 4.49. The van der Waals surface area contributed by atoms with Crippen LogP contribution in [0.1, 0.15) is 52.9 Å². The van der Waals surface area contributed by atoms with Gasteiger partial charge in [0.25, 0.3) is 0 Å². The minimum atomic E-state index is 0.116. The Bertz CT molecular complexity index is 243. The van der Waals surface area contributed by atoms with Crippen molar-refractivity contribution in [3.05, 3.63) is 0 Å². The van der Waals surface area contributed by atoms with Crippen LogP contribution in [0.5, 0.6) is 0 Å². The van der Waals surface area contributed by atoms with Gasteiger partial charge in [-0.25, -0.2) is 0 Å². The fraction of sp³-hybridized carbons (Fsp3) is 0.846. The molecular weight excluding hydrogens is 188 g/mol.